The fourth-order valence-corrected chi connectivity index (χ4v) is 6.34. The Bertz CT molecular complexity index is 1450. The number of fused-ring (bicyclic) bond motifs is 1. The minimum atomic E-state index is -4.62. The molecule has 0 unspecified atom stereocenters. The molecule has 0 bridgehead atoms. The van der Waals surface area contributed by atoms with Gasteiger partial charge in [-0.2, -0.15) is 22.0 Å². The number of amides is 1. The average Bonchev–Trinajstić information content (AvgIpc) is 3.44. The first-order valence-electron chi connectivity index (χ1n) is 13.7. The number of benzene rings is 2. The van der Waals surface area contributed by atoms with Crippen LogP contribution in [-0.4, -0.2) is 39.9 Å². The molecule has 1 aliphatic heterocycles. The molecule has 0 spiro atoms. The third-order valence-corrected chi connectivity index (χ3v) is 8.69. The van der Waals surface area contributed by atoms with Crippen molar-refractivity contribution in [2.24, 2.45) is 13.0 Å². The number of nitrogens with zero attached hydrogens (tertiary/aromatic N) is 4. The number of carbonyl (C=O) groups excluding carboxylic acids is 1. The van der Waals surface area contributed by atoms with E-state index < -0.39 is 35.8 Å². The van der Waals surface area contributed by atoms with Crippen molar-refractivity contribution < 1.29 is 31.5 Å². The lowest BCUT2D eigenvalue weighted by Crippen LogP contribution is -2.49. The maximum Gasteiger partial charge on any atom is 0.416 e. The Balaban J connectivity index is 1.30. The number of hydrogen-bond acceptors (Lipinski definition) is 5. The molecule has 41 heavy (non-hydrogen) atoms. The summed E-state index contributed by atoms with van der Waals surface area (Å²) in [6.07, 6.45) is 0.0589. The molecule has 2 aliphatic carbocycles. The van der Waals surface area contributed by atoms with Gasteiger partial charge in [-0.15, -0.1) is 10.2 Å². The van der Waals surface area contributed by atoms with Gasteiger partial charge in [0, 0.05) is 24.8 Å². The molecule has 218 valence electrons. The van der Waals surface area contributed by atoms with E-state index >= 15 is 0 Å². The lowest BCUT2D eigenvalue weighted by Gasteiger charge is -2.46. The smallest absolute Gasteiger partial charge is 0.320 e. The second-order valence-corrected chi connectivity index (χ2v) is 11.3. The highest BCUT2D eigenvalue weighted by Crippen LogP contribution is 2.51. The molecule has 3 aromatic rings. The van der Waals surface area contributed by atoms with Gasteiger partial charge in [0.15, 0.2) is 0 Å². The number of nitrogens with one attached hydrogen (secondary N) is 1. The lowest BCUT2D eigenvalue weighted by molar-refractivity contribution is -0.192. The molecule has 6 rings (SSSR count). The molecule has 0 saturated heterocycles. The first-order valence-corrected chi connectivity index (χ1v) is 13.7. The molecule has 0 radical (unpaired) electrons. The van der Waals surface area contributed by atoms with Crippen LogP contribution >= 0.6 is 0 Å². The Labute approximate surface area is 233 Å². The minimum absolute atomic E-state index is 0.0442. The van der Waals surface area contributed by atoms with Crippen molar-refractivity contribution in [3.63, 3.8) is 0 Å². The van der Waals surface area contributed by atoms with E-state index in [1.54, 1.807) is 41.9 Å². The number of carbonyl (C=O) groups is 1. The number of alkyl halides is 5. The van der Waals surface area contributed by atoms with Gasteiger partial charge < -0.3 is 19.5 Å². The third-order valence-electron chi connectivity index (χ3n) is 8.69. The molecule has 1 amide bonds. The number of rotatable bonds is 9. The predicted molar refractivity (Wildman–Crippen MR) is 139 cm³/mol. The van der Waals surface area contributed by atoms with Gasteiger partial charge >= 0.3 is 12.8 Å². The number of ether oxygens (including phenoxy) is 1. The largest absolute Gasteiger partial charge is 0.416 e. The van der Waals surface area contributed by atoms with E-state index in [0.717, 1.165) is 25.5 Å². The first kappa shape index (κ1) is 27.8. The van der Waals surface area contributed by atoms with Crippen LogP contribution in [0.4, 0.5) is 27.6 Å². The van der Waals surface area contributed by atoms with Crippen LogP contribution in [-0.2, 0) is 36.5 Å². The predicted octanol–water partition coefficient (Wildman–Crippen LogP) is 5.57. The molecule has 0 atom stereocenters. The summed E-state index contributed by atoms with van der Waals surface area (Å²) < 4.78 is 74.7. The van der Waals surface area contributed by atoms with Gasteiger partial charge in [0.05, 0.1) is 23.6 Å². The second-order valence-electron chi connectivity index (χ2n) is 11.3. The van der Waals surface area contributed by atoms with Crippen molar-refractivity contribution in [1.82, 2.24) is 20.1 Å². The van der Waals surface area contributed by atoms with Gasteiger partial charge in [-0.3, -0.25) is 4.79 Å². The van der Waals surface area contributed by atoms with E-state index in [0.29, 0.717) is 28.6 Å². The quantitative estimate of drug-likeness (QED) is 0.338. The molecule has 2 fully saturated rings. The molecule has 2 saturated carbocycles. The van der Waals surface area contributed by atoms with Gasteiger partial charge in [-0.25, -0.2) is 0 Å². The van der Waals surface area contributed by atoms with Crippen molar-refractivity contribution in [1.29, 1.82) is 0 Å². The van der Waals surface area contributed by atoms with Crippen LogP contribution in [0.1, 0.15) is 70.5 Å². The van der Waals surface area contributed by atoms with Crippen molar-refractivity contribution in [3.05, 3.63) is 76.4 Å². The standard InChI is InChI=1S/C29H30F5N5O2/c1-38-16-36-37-26(38)28(11-21(12-28)41-27(30)31)19-6-3-7-20(10-19)39-15-23-22(25(39)40)8-18(9-24(23)29(32,33)34)14-35-13-17-4-2-5-17/h3,6-10,16-17,21,27,35H,2,4-5,11-15H2,1H3. The van der Waals surface area contributed by atoms with Gasteiger partial charge in [-0.05, 0) is 79.1 Å². The highest BCUT2D eigenvalue weighted by molar-refractivity contribution is 6.10. The normalized spacial score (nSPS) is 22.7. The van der Waals surface area contributed by atoms with Gasteiger partial charge in [-0.1, -0.05) is 18.6 Å². The first-order chi connectivity index (χ1) is 19.5. The van der Waals surface area contributed by atoms with E-state index in [1.165, 1.54) is 17.6 Å². The van der Waals surface area contributed by atoms with Crippen LogP contribution in [0, 0.1) is 5.92 Å². The molecule has 2 aromatic carbocycles. The van der Waals surface area contributed by atoms with Crippen molar-refractivity contribution >= 4 is 11.6 Å². The summed E-state index contributed by atoms with van der Waals surface area (Å²) in [5.74, 6) is 0.593. The molecular formula is C29H30F5N5O2. The van der Waals surface area contributed by atoms with E-state index in [9.17, 15) is 26.7 Å². The highest BCUT2D eigenvalue weighted by Gasteiger charge is 2.51. The summed E-state index contributed by atoms with van der Waals surface area (Å²) in [6.45, 7) is -2.15. The fourth-order valence-electron chi connectivity index (χ4n) is 6.34. The van der Waals surface area contributed by atoms with Crippen LogP contribution in [0.5, 0.6) is 0 Å². The average molecular weight is 576 g/mol. The molecule has 7 nitrogen and oxygen atoms in total. The van der Waals surface area contributed by atoms with Gasteiger partial charge in [0.2, 0.25) is 0 Å². The summed E-state index contributed by atoms with van der Waals surface area (Å²) in [5.41, 5.74) is -0.0750. The van der Waals surface area contributed by atoms with Gasteiger partial charge in [0.25, 0.3) is 5.91 Å². The van der Waals surface area contributed by atoms with E-state index in [2.05, 4.69) is 15.5 Å². The van der Waals surface area contributed by atoms with Crippen LogP contribution in [0.25, 0.3) is 0 Å². The second kappa shape index (κ2) is 10.5. The Kier molecular flexibility index (Phi) is 7.09. The zero-order chi connectivity index (χ0) is 28.9. The minimum Gasteiger partial charge on any atom is -0.320 e. The molecule has 1 aromatic heterocycles. The van der Waals surface area contributed by atoms with Crippen molar-refractivity contribution in [2.45, 2.75) is 69.5 Å². The Morgan fingerprint density at radius 1 is 1.17 bits per heavy atom. The van der Waals surface area contributed by atoms with E-state index in [4.69, 9.17) is 4.74 Å². The number of halogens is 5. The zero-order valence-electron chi connectivity index (χ0n) is 22.4. The molecular weight excluding hydrogens is 545 g/mol. The van der Waals surface area contributed by atoms with Crippen molar-refractivity contribution in [2.75, 3.05) is 11.4 Å². The summed E-state index contributed by atoms with van der Waals surface area (Å²) in [6, 6.07) is 9.60. The van der Waals surface area contributed by atoms with Crippen LogP contribution in [0.2, 0.25) is 0 Å². The molecule has 1 N–H and O–H groups in total. The maximum atomic E-state index is 14.2. The Morgan fingerprint density at radius 3 is 2.59 bits per heavy atom. The maximum absolute atomic E-state index is 14.2. The third kappa shape index (κ3) is 5.12. The number of aryl methyl sites for hydroxylation is 1. The van der Waals surface area contributed by atoms with E-state index in [1.807, 2.05) is 0 Å². The van der Waals surface area contributed by atoms with Crippen molar-refractivity contribution in [3.8, 4) is 0 Å². The lowest BCUT2D eigenvalue weighted by atomic mass is 9.62. The Morgan fingerprint density at radius 2 is 1.95 bits per heavy atom. The van der Waals surface area contributed by atoms with Crippen LogP contribution < -0.4 is 10.2 Å². The summed E-state index contributed by atoms with van der Waals surface area (Å²) in [4.78, 5) is 14.9. The monoisotopic (exact) mass is 575 g/mol. The fraction of sp³-hybridized carbons (Fsp3) is 0.483. The van der Waals surface area contributed by atoms with Gasteiger partial charge in [0.1, 0.15) is 12.2 Å². The Hall–Kier alpha value is -3.38. The molecule has 3 aliphatic rings. The topological polar surface area (TPSA) is 72.3 Å². The molecule has 12 heteroatoms. The van der Waals surface area contributed by atoms with Crippen LogP contribution in [0.3, 0.4) is 0 Å². The number of anilines is 1. The highest BCUT2D eigenvalue weighted by atomic mass is 19.4. The SMILES string of the molecule is Cn1cnnc1C1(c2cccc(N3Cc4c(cc(CNCC5CCC5)cc4C(F)(F)F)C3=O)c2)CC(OC(F)F)C1. The zero-order valence-corrected chi connectivity index (χ0v) is 22.4. The summed E-state index contributed by atoms with van der Waals surface area (Å²) >= 11 is 0. The summed E-state index contributed by atoms with van der Waals surface area (Å²) in [5, 5.41) is 11.4. The van der Waals surface area contributed by atoms with Crippen LogP contribution in [0.15, 0.2) is 42.7 Å². The number of aromatic nitrogens is 3. The van der Waals surface area contributed by atoms with E-state index in [-0.39, 0.29) is 37.1 Å². The molecule has 2 heterocycles. The number of hydrogen-bond donors (Lipinski definition) is 1. The summed E-state index contributed by atoms with van der Waals surface area (Å²) in [7, 11) is 1.75.